The van der Waals surface area contributed by atoms with E-state index in [-0.39, 0.29) is 16.1 Å². The van der Waals surface area contributed by atoms with Crippen molar-refractivity contribution < 1.29 is 33.0 Å². The minimum atomic E-state index is -5.22. The molecule has 1 heterocycles. The Morgan fingerprint density at radius 3 is 2.32 bits per heavy atom. The van der Waals surface area contributed by atoms with E-state index < -0.39 is 29.3 Å². The Hall–Kier alpha value is -2.94. The lowest BCUT2D eigenvalue weighted by molar-refractivity contribution is -0.165. The van der Waals surface area contributed by atoms with Gasteiger partial charge in [0.25, 0.3) is 5.78 Å². The van der Waals surface area contributed by atoms with Gasteiger partial charge in [0.15, 0.2) is 0 Å². The van der Waals surface area contributed by atoms with Gasteiger partial charge in [-0.25, -0.2) is 4.79 Å². The Morgan fingerprint density at radius 1 is 1.08 bits per heavy atom. The molecule has 2 N–H and O–H groups in total. The largest absolute Gasteiger partial charge is 0.506 e. The molecule has 0 aliphatic heterocycles. The van der Waals surface area contributed by atoms with Crippen LogP contribution in [0.4, 0.5) is 18.9 Å². The van der Waals surface area contributed by atoms with Crippen LogP contribution in [0.1, 0.15) is 15.2 Å². The number of carbonyl (C=O) groups is 2. The van der Waals surface area contributed by atoms with Gasteiger partial charge in [-0.2, -0.15) is 13.2 Å². The summed E-state index contributed by atoms with van der Waals surface area (Å²) in [7, 11) is 0. The van der Waals surface area contributed by atoms with Gasteiger partial charge in [-0.3, -0.25) is 9.79 Å². The number of alkyl halides is 3. The molecule has 0 saturated heterocycles. The number of halogens is 3. The molecule has 0 spiro atoms. The average molecular weight is 369 g/mol. The van der Waals surface area contributed by atoms with Crippen LogP contribution in [0.5, 0.6) is 0 Å². The third kappa shape index (κ3) is 4.32. The van der Waals surface area contributed by atoms with Crippen molar-refractivity contribution in [3.05, 3.63) is 57.8 Å². The summed E-state index contributed by atoms with van der Waals surface area (Å²) < 4.78 is 38.4. The maximum absolute atomic E-state index is 12.8. The van der Waals surface area contributed by atoms with E-state index in [1.807, 2.05) is 0 Å². The van der Waals surface area contributed by atoms with Crippen molar-refractivity contribution in [2.24, 2.45) is 4.99 Å². The summed E-state index contributed by atoms with van der Waals surface area (Å²) in [6.07, 6.45) is -4.70. The minimum Gasteiger partial charge on any atom is -0.506 e. The molecule has 0 radical (unpaired) electrons. The summed E-state index contributed by atoms with van der Waals surface area (Å²) in [5.74, 6) is -4.49. The number of carbonyl (C=O) groups excluding carboxylic acids is 1. The minimum absolute atomic E-state index is 0.0468. The van der Waals surface area contributed by atoms with Crippen LogP contribution in [0, 0.1) is 0 Å². The lowest BCUT2D eigenvalue weighted by atomic mass is 10.1. The highest BCUT2D eigenvalue weighted by atomic mass is 32.1. The summed E-state index contributed by atoms with van der Waals surface area (Å²) in [5, 5.41) is 20.6. The molecule has 0 saturated carbocycles. The smallest absolute Gasteiger partial charge is 0.455 e. The predicted molar refractivity (Wildman–Crippen MR) is 86.5 cm³/mol. The van der Waals surface area contributed by atoms with Crippen LogP contribution in [-0.4, -0.2) is 34.4 Å². The van der Waals surface area contributed by atoms with Crippen molar-refractivity contribution in [2.45, 2.75) is 6.18 Å². The number of ketones is 1. The number of rotatable bonds is 5. The SMILES string of the molecule is O=C(O)c1ccccc1N=C/C(C(=O)C(F)(F)F)=C(/O)c1cccs1. The van der Waals surface area contributed by atoms with Crippen LogP contribution in [0.15, 0.2) is 52.3 Å². The van der Waals surface area contributed by atoms with Gasteiger partial charge in [-0.1, -0.05) is 18.2 Å². The molecule has 9 heteroatoms. The first kappa shape index (κ1) is 18.4. The van der Waals surface area contributed by atoms with Crippen LogP contribution in [-0.2, 0) is 4.79 Å². The number of benzene rings is 1. The van der Waals surface area contributed by atoms with Gasteiger partial charge in [0.05, 0.1) is 21.7 Å². The number of aliphatic imine (C=N–C) groups is 1. The zero-order valence-corrected chi connectivity index (χ0v) is 13.1. The Kier molecular flexibility index (Phi) is 5.38. The fourth-order valence-electron chi connectivity index (χ4n) is 1.83. The number of hydrogen-bond donors (Lipinski definition) is 2. The van der Waals surface area contributed by atoms with E-state index in [1.165, 1.54) is 41.8 Å². The Morgan fingerprint density at radius 2 is 1.76 bits per heavy atom. The van der Waals surface area contributed by atoms with E-state index in [2.05, 4.69) is 4.99 Å². The second-order valence-electron chi connectivity index (χ2n) is 4.65. The number of carboxylic acid groups (broad SMARTS) is 1. The fourth-order valence-corrected chi connectivity index (χ4v) is 2.51. The Balaban J connectivity index is 2.54. The molecule has 0 unspecified atom stereocenters. The number of thiophene rings is 1. The molecular weight excluding hydrogens is 359 g/mol. The summed E-state index contributed by atoms with van der Waals surface area (Å²) >= 11 is 0.934. The standard InChI is InChI=1S/C16H10F3NO4S/c17-16(18,19)14(22)10(13(21)12-6-3-7-25-12)8-20-11-5-2-1-4-9(11)15(23)24/h1-8,21H,(H,23,24)/b13-10-,20-8?. The lowest BCUT2D eigenvalue weighted by Crippen LogP contribution is -2.26. The third-order valence-corrected chi connectivity index (χ3v) is 3.86. The second-order valence-corrected chi connectivity index (χ2v) is 5.59. The van der Waals surface area contributed by atoms with Crippen LogP contribution < -0.4 is 0 Å². The molecule has 2 rings (SSSR count). The van der Waals surface area contributed by atoms with Crippen LogP contribution >= 0.6 is 11.3 Å². The Labute approximate surface area is 143 Å². The van der Waals surface area contributed by atoms with Crippen molar-refractivity contribution in [1.82, 2.24) is 0 Å². The van der Waals surface area contributed by atoms with Gasteiger partial charge < -0.3 is 10.2 Å². The zero-order chi connectivity index (χ0) is 18.6. The molecule has 25 heavy (non-hydrogen) atoms. The number of aliphatic hydroxyl groups excluding tert-OH is 1. The second kappa shape index (κ2) is 7.31. The maximum atomic E-state index is 12.8. The maximum Gasteiger partial charge on any atom is 0.455 e. The van der Waals surface area contributed by atoms with Gasteiger partial charge >= 0.3 is 12.1 Å². The van der Waals surface area contributed by atoms with E-state index in [0.717, 1.165) is 11.3 Å². The van der Waals surface area contributed by atoms with Gasteiger partial charge in [-0.15, -0.1) is 11.3 Å². The number of aromatic carboxylic acids is 1. The van der Waals surface area contributed by atoms with Crippen LogP contribution in [0.2, 0.25) is 0 Å². The molecular formula is C16H10F3NO4S. The molecule has 1 aromatic heterocycles. The topological polar surface area (TPSA) is 87.0 Å². The van der Waals surface area contributed by atoms with Gasteiger partial charge in [0.2, 0.25) is 0 Å². The normalized spacial score (nSPS) is 12.9. The molecule has 2 aromatic rings. The highest BCUT2D eigenvalue weighted by Crippen LogP contribution is 2.28. The molecule has 5 nitrogen and oxygen atoms in total. The van der Waals surface area contributed by atoms with Crippen molar-refractivity contribution in [3.63, 3.8) is 0 Å². The van der Waals surface area contributed by atoms with Crippen molar-refractivity contribution in [1.29, 1.82) is 0 Å². The lowest BCUT2D eigenvalue weighted by Gasteiger charge is -2.08. The van der Waals surface area contributed by atoms with Crippen LogP contribution in [0.25, 0.3) is 5.76 Å². The average Bonchev–Trinajstić information content (AvgIpc) is 3.08. The highest BCUT2D eigenvalue weighted by Gasteiger charge is 2.41. The predicted octanol–water partition coefficient (Wildman–Crippen LogP) is 4.25. The van der Waals surface area contributed by atoms with E-state index in [0.29, 0.717) is 6.21 Å². The number of aliphatic hydroxyl groups is 1. The molecule has 0 fully saturated rings. The molecule has 1 aromatic carbocycles. The quantitative estimate of drug-likeness (QED) is 0.469. The fraction of sp³-hybridized carbons (Fsp3) is 0.0625. The van der Waals surface area contributed by atoms with Crippen LogP contribution in [0.3, 0.4) is 0 Å². The number of carboxylic acids is 1. The molecule has 0 amide bonds. The van der Waals surface area contributed by atoms with Crippen molar-refractivity contribution >= 4 is 40.8 Å². The number of hydrogen-bond acceptors (Lipinski definition) is 5. The first-order chi connectivity index (χ1) is 11.7. The zero-order valence-electron chi connectivity index (χ0n) is 12.3. The van der Waals surface area contributed by atoms with E-state index in [9.17, 15) is 27.9 Å². The summed E-state index contributed by atoms with van der Waals surface area (Å²) in [6, 6.07) is 8.16. The molecule has 0 atom stereocenters. The molecule has 130 valence electrons. The van der Waals surface area contributed by atoms with E-state index in [4.69, 9.17) is 5.11 Å². The molecule has 0 aliphatic carbocycles. The number of Topliss-reactive ketones (excluding diaryl/α,β-unsaturated/α-hetero) is 1. The van der Waals surface area contributed by atoms with Gasteiger partial charge in [0, 0.05) is 6.21 Å². The first-order valence-corrected chi connectivity index (χ1v) is 7.55. The van der Waals surface area contributed by atoms with Gasteiger partial charge in [-0.05, 0) is 23.6 Å². The third-order valence-electron chi connectivity index (χ3n) is 2.98. The monoisotopic (exact) mass is 369 g/mol. The summed E-state index contributed by atoms with van der Waals surface area (Å²) in [6.45, 7) is 0. The number of para-hydroxylation sites is 1. The van der Waals surface area contributed by atoms with E-state index in [1.54, 1.807) is 0 Å². The highest BCUT2D eigenvalue weighted by molar-refractivity contribution is 7.11. The number of nitrogens with zero attached hydrogens (tertiary/aromatic N) is 1. The summed E-state index contributed by atoms with van der Waals surface area (Å²) in [4.78, 5) is 26.4. The van der Waals surface area contributed by atoms with E-state index >= 15 is 0 Å². The van der Waals surface area contributed by atoms with Crippen molar-refractivity contribution in [2.75, 3.05) is 0 Å². The Bertz CT molecular complexity index is 855. The number of allylic oxidation sites excluding steroid dienone is 1. The molecule has 0 bridgehead atoms. The van der Waals surface area contributed by atoms with Gasteiger partial charge in [0.1, 0.15) is 5.76 Å². The summed E-state index contributed by atoms with van der Waals surface area (Å²) in [5.41, 5.74) is -1.48. The first-order valence-electron chi connectivity index (χ1n) is 6.67. The molecule has 0 aliphatic rings. The van der Waals surface area contributed by atoms with Crippen molar-refractivity contribution in [3.8, 4) is 0 Å².